The maximum atomic E-state index is 11.3. The van der Waals surface area contributed by atoms with Crippen molar-refractivity contribution in [2.75, 3.05) is 51.5 Å². The summed E-state index contributed by atoms with van der Waals surface area (Å²) in [6, 6.07) is 7.38. The summed E-state index contributed by atoms with van der Waals surface area (Å²) in [6.07, 6.45) is 10.4. The molecule has 0 amide bonds. The summed E-state index contributed by atoms with van der Waals surface area (Å²) in [5.74, 6) is -1.33. The number of hydrogen-bond donors (Lipinski definition) is 1. The minimum Gasteiger partial charge on any atom is -0.478 e. The van der Waals surface area contributed by atoms with Crippen LogP contribution in [0.1, 0.15) is 40.0 Å². The summed E-state index contributed by atoms with van der Waals surface area (Å²) in [5, 5.41) is 17.1. The third-order valence-electron chi connectivity index (χ3n) is 6.07. The number of hydrogen-bond acceptors (Lipinski definition) is 8. The van der Waals surface area contributed by atoms with Crippen molar-refractivity contribution in [3.8, 4) is 0 Å². The lowest BCUT2D eigenvalue weighted by Crippen LogP contribution is -2.36. The third-order valence-corrected chi connectivity index (χ3v) is 6.54. The zero-order valence-corrected chi connectivity index (χ0v) is 22.7. The Labute approximate surface area is 228 Å². The lowest BCUT2D eigenvalue weighted by molar-refractivity contribution is 0.0602. The molecule has 202 valence electrons. The van der Waals surface area contributed by atoms with Crippen molar-refractivity contribution >= 4 is 44.6 Å². The Balaban J connectivity index is 0.000000149. The van der Waals surface area contributed by atoms with Gasteiger partial charge >= 0.3 is 11.9 Å². The number of morpholine rings is 1. The van der Waals surface area contributed by atoms with Gasteiger partial charge in [0.25, 0.3) is 0 Å². The van der Waals surface area contributed by atoms with E-state index in [2.05, 4.69) is 35.8 Å². The number of esters is 1. The van der Waals surface area contributed by atoms with Gasteiger partial charge in [0.2, 0.25) is 0 Å². The molecule has 2 fully saturated rings. The lowest BCUT2D eigenvalue weighted by Gasteiger charge is -2.28. The molecule has 0 spiro atoms. The number of ether oxygens (including phenoxy) is 3. The molecule has 4 aromatic rings. The predicted octanol–water partition coefficient (Wildman–Crippen LogP) is 3.94. The fourth-order valence-electron chi connectivity index (χ4n) is 4.06. The Kier molecular flexibility index (Phi) is 9.68. The highest BCUT2D eigenvalue weighted by Crippen LogP contribution is 2.19. The highest BCUT2D eigenvalue weighted by molar-refractivity contribution is 9.10. The highest BCUT2D eigenvalue weighted by Gasteiger charge is 2.15. The smallest absolute Gasteiger partial charge is 0.341 e. The number of fused-ring (bicyclic) bond motifs is 2. The van der Waals surface area contributed by atoms with Gasteiger partial charge in [-0.25, -0.2) is 18.6 Å². The van der Waals surface area contributed by atoms with E-state index in [1.165, 1.54) is 38.8 Å². The second kappa shape index (κ2) is 13.4. The molecule has 1 N–H and O–H groups in total. The number of carboxylic acid groups (broad SMARTS) is 1. The maximum absolute atomic E-state index is 11.3. The van der Waals surface area contributed by atoms with E-state index in [4.69, 9.17) is 14.6 Å². The second-order valence-corrected chi connectivity index (χ2v) is 9.50. The zero-order chi connectivity index (χ0) is 26.9. The minimum atomic E-state index is -0.955. The Morgan fingerprint density at radius 1 is 0.868 bits per heavy atom. The van der Waals surface area contributed by atoms with Crippen LogP contribution < -0.4 is 4.90 Å². The molecule has 0 atom stereocenters. The maximum Gasteiger partial charge on any atom is 0.341 e. The molecule has 4 aromatic heterocycles. The Bertz CT molecular complexity index is 1370. The Morgan fingerprint density at radius 3 is 2.08 bits per heavy atom. The number of carbonyl (C=O) groups excluding carboxylic acids is 1. The zero-order valence-electron chi connectivity index (χ0n) is 21.1. The van der Waals surface area contributed by atoms with Crippen LogP contribution >= 0.6 is 15.9 Å². The number of pyridine rings is 2. The van der Waals surface area contributed by atoms with Crippen molar-refractivity contribution in [1.29, 1.82) is 0 Å². The third kappa shape index (κ3) is 6.88. The van der Waals surface area contributed by atoms with Crippen molar-refractivity contribution in [3.05, 3.63) is 64.7 Å². The monoisotopic (exact) mass is 587 g/mol. The fourth-order valence-corrected chi connectivity index (χ4v) is 4.39. The van der Waals surface area contributed by atoms with Crippen LogP contribution in [0.15, 0.2) is 53.5 Å². The number of carboxylic acids is 1. The van der Waals surface area contributed by atoms with Crippen molar-refractivity contribution in [2.45, 2.75) is 19.3 Å². The molecule has 11 nitrogen and oxygen atoms in total. The predicted molar refractivity (Wildman–Crippen MR) is 144 cm³/mol. The molecule has 12 heteroatoms. The van der Waals surface area contributed by atoms with Crippen LogP contribution in [0.4, 0.5) is 5.69 Å². The topological polar surface area (TPSA) is 120 Å². The summed E-state index contributed by atoms with van der Waals surface area (Å²) in [5.41, 5.74) is 3.08. The molecule has 0 aliphatic carbocycles. The normalized spacial score (nSPS) is 15.3. The van der Waals surface area contributed by atoms with Crippen LogP contribution in [0, 0.1) is 0 Å². The van der Waals surface area contributed by atoms with Gasteiger partial charge in [-0.2, -0.15) is 10.2 Å². The number of methoxy groups -OCH3 is 1. The summed E-state index contributed by atoms with van der Waals surface area (Å²) < 4.78 is 19.1. The van der Waals surface area contributed by atoms with Gasteiger partial charge in [-0.05, 0) is 59.5 Å². The van der Waals surface area contributed by atoms with Crippen LogP contribution in [-0.4, -0.2) is 82.9 Å². The van der Waals surface area contributed by atoms with Gasteiger partial charge in [-0.15, -0.1) is 0 Å². The Morgan fingerprint density at radius 2 is 1.47 bits per heavy atom. The molecule has 2 aliphatic rings. The van der Waals surface area contributed by atoms with E-state index >= 15 is 0 Å². The summed E-state index contributed by atoms with van der Waals surface area (Å²) >= 11 is 3.32. The van der Waals surface area contributed by atoms with E-state index in [9.17, 15) is 9.59 Å². The number of anilines is 1. The van der Waals surface area contributed by atoms with E-state index in [-0.39, 0.29) is 11.5 Å². The van der Waals surface area contributed by atoms with Crippen LogP contribution in [0.3, 0.4) is 0 Å². The second-order valence-electron chi connectivity index (χ2n) is 8.58. The first-order valence-electron chi connectivity index (χ1n) is 12.3. The largest absolute Gasteiger partial charge is 0.478 e. The van der Waals surface area contributed by atoms with E-state index < -0.39 is 5.97 Å². The molecule has 0 bridgehead atoms. The minimum absolute atomic E-state index is 0.225. The molecule has 0 saturated carbocycles. The quantitative estimate of drug-likeness (QED) is 0.355. The lowest BCUT2D eigenvalue weighted by atomic mass is 10.2. The molecule has 0 unspecified atom stereocenters. The number of aromatic carboxylic acids is 1. The Hall–Kier alpha value is -3.48. The van der Waals surface area contributed by atoms with E-state index in [0.29, 0.717) is 11.1 Å². The van der Waals surface area contributed by atoms with Gasteiger partial charge in [-0.1, -0.05) is 0 Å². The summed E-state index contributed by atoms with van der Waals surface area (Å²) in [7, 11) is 1.35. The molecule has 6 heterocycles. The van der Waals surface area contributed by atoms with E-state index in [1.54, 1.807) is 21.3 Å². The molecule has 6 rings (SSSR count). The van der Waals surface area contributed by atoms with Crippen LogP contribution in [0.25, 0.3) is 11.0 Å². The molecule has 2 aliphatic heterocycles. The molecule has 0 radical (unpaired) electrons. The molecule has 38 heavy (non-hydrogen) atoms. The van der Waals surface area contributed by atoms with E-state index in [0.717, 1.165) is 55.2 Å². The van der Waals surface area contributed by atoms with Crippen LogP contribution in [0.2, 0.25) is 0 Å². The summed E-state index contributed by atoms with van der Waals surface area (Å²) in [4.78, 5) is 24.5. The fraction of sp³-hybridized carbons (Fsp3) is 0.385. The molecule has 0 aromatic carbocycles. The van der Waals surface area contributed by atoms with Gasteiger partial charge in [0.15, 0.2) is 0 Å². The average molecular weight is 588 g/mol. The van der Waals surface area contributed by atoms with Crippen molar-refractivity contribution < 1.29 is 28.9 Å². The number of rotatable bonds is 3. The van der Waals surface area contributed by atoms with E-state index in [1.807, 2.05) is 24.4 Å². The van der Waals surface area contributed by atoms with Crippen LogP contribution in [0.5, 0.6) is 0 Å². The first-order valence-corrected chi connectivity index (χ1v) is 13.1. The standard InChI is InChI=1S/C12H13N3O3.C9H7BrN2O2.C5H10O/c16-12(17)10-7-13-15-8-9(1-2-11(10)15)14-3-5-18-6-4-14;1-14-9(13)7-4-11-12-5-6(10)2-3-8(7)12;1-2-4-6-5-3-1/h1-2,7-8H,3-6H2,(H,16,17);2-5H,1H3;1-5H2. The van der Waals surface area contributed by atoms with Gasteiger partial charge in [0, 0.05) is 37.0 Å². The molecular weight excluding hydrogens is 558 g/mol. The summed E-state index contributed by atoms with van der Waals surface area (Å²) in [6.45, 7) is 5.13. The van der Waals surface area contributed by atoms with Gasteiger partial charge in [-0.3, -0.25) is 0 Å². The highest BCUT2D eigenvalue weighted by atomic mass is 79.9. The van der Waals surface area contributed by atoms with Gasteiger partial charge in [0.1, 0.15) is 11.1 Å². The van der Waals surface area contributed by atoms with Crippen molar-refractivity contribution in [2.24, 2.45) is 0 Å². The molecule has 2 saturated heterocycles. The number of halogens is 1. The first kappa shape index (κ1) is 27.6. The van der Waals surface area contributed by atoms with Gasteiger partial charge in [0.05, 0.1) is 55.6 Å². The van der Waals surface area contributed by atoms with Crippen molar-refractivity contribution in [1.82, 2.24) is 19.2 Å². The van der Waals surface area contributed by atoms with Crippen LogP contribution in [-0.2, 0) is 14.2 Å². The number of aromatic nitrogens is 4. The van der Waals surface area contributed by atoms with Gasteiger partial charge < -0.3 is 24.2 Å². The average Bonchev–Trinajstić information content (AvgIpc) is 3.58. The molecular formula is C26H30BrN5O6. The van der Waals surface area contributed by atoms with Crippen molar-refractivity contribution in [3.63, 3.8) is 0 Å². The number of nitrogens with zero attached hydrogens (tertiary/aromatic N) is 5. The SMILES string of the molecule is C1CCOCC1.COC(=O)c1cnn2cc(Br)ccc12.O=C(O)c1cnn2cc(N3CCOCC3)ccc12. The number of carbonyl (C=O) groups is 2. The first-order chi connectivity index (χ1) is 18.5.